The van der Waals surface area contributed by atoms with Crippen molar-refractivity contribution in [3.63, 3.8) is 0 Å². The molecule has 0 saturated carbocycles. The molecule has 0 spiro atoms. The molecule has 0 aromatic carbocycles. The molecule has 43 valence electrons. The Bertz CT molecular complexity index is 138. The zero-order valence-electron chi connectivity index (χ0n) is 4.50. The minimum absolute atomic E-state index is 0.966. The van der Waals surface area contributed by atoms with Crippen LogP contribution in [0.1, 0.15) is 0 Å². The molecule has 0 bridgehead atoms. The molecule has 0 aliphatic rings. The largest absolute Gasteiger partial charge is 0.456 e. The van der Waals surface area contributed by atoms with Crippen LogP contribution >= 0.6 is 20.1 Å². The maximum absolute atomic E-state index is 5.14. The van der Waals surface area contributed by atoms with Crippen LogP contribution in [0.3, 0.4) is 0 Å². The van der Waals surface area contributed by atoms with Gasteiger partial charge in [-0.1, -0.05) is 0 Å². The zero-order valence-corrected chi connectivity index (χ0v) is 6.21. The zero-order chi connectivity index (χ0) is 5.82. The fraction of sp³-hybridized carbons (Fsp3) is 0.200. The maximum atomic E-state index is 5.14. The summed E-state index contributed by atoms with van der Waals surface area (Å²) >= 11 is 1.62. The van der Waals surface area contributed by atoms with Crippen LogP contribution in [0.25, 0.3) is 0 Å². The van der Waals surface area contributed by atoms with Crippen LogP contribution < -0.4 is 4.52 Å². The van der Waals surface area contributed by atoms with Gasteiger partial charge in [0.15, 0.2) is 5.06 Å². The minimum Gasteiger partial charge on any atom is -0.456 e. The third-order valence-corrected chi connectivity index (χ3v) is 1.92. The van der Waals surface area contributed by atoms with Crippen molar-refractivity contribution in [3.8, 4) is 5.06 Å². The van der Waals surface area contributed by atoms with Gasteiger partial charge in [0.25, 0.3) is 0 Å². The van der Waals surface area contributed by atoms with Gasteiger partial charge in [-0.05, 0) is 24.2 Å². The second kappa shape index (κ2) is 3.06. The highest BCUT2D eigenvalue weighted by atomic mass is 32.1. The van der Waals surface area contributed by atoms with E-state index in [1.165, 1.54) is 0 Å². The molecule has 0 aliphatic carbocycles. The summed E-state index contributed by atoms with van der Waals surface area (Å²) in [5.74, 6) is 0. The lowest BCUT2D eigenvalue weighted by molar-refractivity contribution is 0.655. The van der Waals surface area contributed by atoms with Crippen molar-refractivity contribution in [1.82, 2.24) is 0 Å². The first-order valence-corrected chi connectivity index (χ1v) is 4.37. The van der Waals surface area contributed by atoms with E-state index in [-0.39, 0.29) is 0 Å². The van der Waals surface area contributed by atoms with Gasteiger partial charge in [-0.25, -0.2) is 0 Å². The van der Waals surface area contributed by atoms with Crippen LogP contribution in [0.2, 0.25) is 0 Å². The highest BCUT2D eigenvalue weighted by Gasteiger charge is 1.87. The molecule has 1 aromatic rings. The molecule has 1 nitrogen and oxygen atoms in total. The van der Waals surface area contributed by atoms with E-state index in [0.717, 1.165) is 13.9 Å². The van der Waals surface area contributed by atoms with Gasteiger partial charge in [-0.2, -0.15) is 0 Å². The summed E-state index contributed by atoms with van der Waals surface area (Å²) in [6, 6.07) is 3.94. The van der Waals surface area contributed by atoms with E-state index in [0.29, 0.717) is 0 Å². The molecular formula is C5H6OPS. The SMILES string of the molecule is C[P]Oc1cccs1. The fourth-order valence-electron chi connectivity index (χ4n) is 0.405. The lowest BCUT2D eigenvalue weighted by Crippen LogP contribution is -1.66. The van der Waals surface area contributed by atoms with Gasteiger partial charge < -0.3 is 4.52 Å². The third-order valence-electron chi connectivity index (χ3n) is 0.676. The molecule has 1 rings (SSSR count). The van der Waals surface area contributed by atoms with E-state index in [9.17, 15) is 0 Å². The van der Waals surface area contributed by atoms with Gasteiger partial charge in [-0.15, -0.1) is 11.3 Å². The van der Waals surface area contributed by atoms with Gasteiger partial charge in [-0.3, -0.25) is 0 Å². The molecule has 0 saturated heterocycles. The van der Waals surface area contributed by atoms with Crippen molar-refractivity contribution in [2.75, 3.05) is 6.66 Å². The van der Waals surface area contributed by atoms with Crippen molar-refractivity contribution in [2.45, 2.75) is 0 Å². The third kappa shape index (κ3) is 1.46. The Morgan fingerprint density at radius 3 is 3.12 bits per heavy atom. The molecular weight excluding hydrogens is 139 g/mol. The van der Waals surface area contributed by atoms with Crippen LogP contribution in [0.4, 0.5) is 0 Å². The molecule has 0 fully saturated rings. The van der Waals surface area contributed by atoms with Crippen molar-refractivity contribution in [2.24, 2.45) is 0 Å². The molecule has 1 heterocycles. The summed E-state index contributed by atoms with van der Waals surface area (Å²) in [5, 5.41) is 3.00. The molecule has 1 aromatic heterocycles. The van der Waals surface area contributed by atoms with Crippen LogP contribution in [0, 0.1) is 0 Å². The van der Waals surface area contributed by atoms with Crippen LogP contribution in [0.5, 0.6) is 5.06 Å². The Morgan fingerprint density at radius 1 is 1.75 bits per heavy atom. The van der Waals surface area contributed by atoms with Crippen LogP contribution in [0.15, 0.2) is 17.5 Å². The number of thiophene rings is 1. The molecule has 0 N–H and O–H groups in total. The van der Waals surface area contributed by atoms with Crippen LogP contribution in [-0.4, -0.2) is 6.66 Å². The summed E-state index contributed by atoms with van der Waals surface area (Å²) in [6.07, 6.45) is 0. The smallest absolute Gasteiger partial charge is 0.177 e. The van der Waals surface area contributed by atoms with Crippen molar-refractivity contribution >= 4 is 20.1 Å². The first-order chi connectivity index (χ1) is 3.93. The summed E-state index contributed by atoms with van der Waals surface area (Å²) in [6.45, 7) is 1.96. The topological polar surface area (TPSA) is 9.23 Å². The Labute approximate surface area is 54.6 Å². The predicted octanol–water partition coefficient (Wildman–Crippen LogP) is 2.62. The molecule has 0 amide bonds. The van der Waals surface area contributed by atoms with Crippen molar-refractivity contribution < 1.29 is 4.52 Å². The van der Waals surface area contributed by atoms with Crippen molar-refractivity contribution in [1.29, 1.82) is 0 Å². The summed E-state index contributed by atoms with van der Waals surface area (Å²) in [7, 11) is 0.966. The molecule has 0 unspecified atom stereocenters. The highest BCUT2D eigenvalue weighted by molar-refractivity contribution is 7.32. The predicted molar refractivity (Wildman–Crippen MR) is 37.8 cm³/mol. The number of hydrogen-bond donors (Lipinski definition) is 0. The summed E-state index contributed by atoms with van der Waals surface area (Å²) in [5.41, 5.74) is 0. The fourth-order valence-corrected chi connectivity index (χ4v) is 1.49. The Morgan fingerprint density at radius 2 is 2.62 bits per heavy atom. The van der Waals surface area contributed by atoms with Gasteiger partial charge in [0.2, 0.25) is 0 Å². The van der Waals surface area contributed by atoms with Gasteiger partial charge in [0.1, 0.15) is 8.81 Å². The molecule has 8 heavy (non-hydrogen) atoms. The minimum atomic E-state index is 0.966. The van der Waals surface area contributed by atoms with Gasteiger partial charge in [0, 0.05) is 0 Å². The first kappa shape index (κ1) is 6.06. The first-order valence-electron chi connectivity index (χ1n) is 2.23. The monoisotopic (exact) mass is 145 g/mol. The van der Waals surface area contributed by atoms with E-state index < -0.39 is 0 Å². The summed E-state index contributed by atoms with van der Waals surface area (Å²) in [4.78, 5) is 0. The molecule has 0 atom stereocenters. The normalized spacial score (nSPS) is 10.6. The molecule has 1 radical (unpaired) electrons. The Hall–Kier alpha value is -0.0700. The average molecular weight is 145 g/mol. The van der Waals surface area contributed by atoms with Crippen LogP contribution in [-0.2, 0) is 0 Å². The number of hydrogen-bond acceptors (Lipinski definition) is 2. The second-order valence-corrected chi connectivity index (χ2v) is 2.66. The average Bonchev–Trinajstić information content (AvgIpc) is 2.19. The quantitative estimate of drug-likeness (QED) is 0.581. The Balaban J connectivity index is 2.50. The molecule has 0 aliphatic heterocycles. The van der Waals surface area contributed by atoms with Gasteiger partial charge in [0.05, 0.1) is 0 Å². The standard InChI is InChI=1S/C5H6OPS/c1-7-6-5-3-2-4-8-5/h2-4H,1H3. The van der Waals surface area contributed by atoms with E-state index in [4.69, 9.17) is 4.52 Å². The lowest BCUT2D eigenvalue weighted by Gasteiger charge is -1.91. The lowest BCUT2D eigenvalue weighted by atomic mass is 10.7. The second-order valence-electron chi connectivity index (χ2n) is 1.21. The molecule has 3 heteroatoms. The van der Waals surface area contributed by atoms with E-state index >= 15 is 0 Å². The van der Waals surface area contributed by atoms with Gasteiger partial charge >= 0.3 is 0 Å². The summed E-state index contributed by atoms with van der Waals surface area (Å²) < 4.78 is 5.14. The van der Waals surface area contributed by atoms with E-state index in [1.807, 2.05) is 24.2 Å². The number of rotatable bonds is 2. The Kier molecular flexibility index (Phi) is 2.31. The maximum Gasteiger partial charge on any atom is 0.177 e. The van der Waals surface area contributed by atoms with Crippen molar-refractivity contribution in [3.05, 3.63) is 17.5 Å². The van der Waals surface area contributed by atoms with E-state index in [1.54, 1.807) is 11.3 Å². The van der Waals surface area contributed by atoms with E-state index in [2.05, 4.69) is 0 Å². The highest BCUT2D eigenvalue weighted by Crippen LogP contribution is 2.23.